The molecule has 2 aliphatic heterocycles. The number of nitrogens with zero attached hydrogens (tertiary/aromatic N) is 2. The summed E-state index contributed by atoms with van der Waals surface area (Å²) in [5.41, 5.74) is 0.00802. The zero-order valence-electron chi connectivity index (χ0n) is 18.2. The van der Waals surface area contributed by atoms with Crippen LogP contribution < -0.4 is 4.74 Å². The Kier molecular flexibility index (Phi) is 5.46. The van der Waals surface area contributed by atoms with Crippen LogP contribution in [0, 0.1) is 0 Å². The summed E-state index contributed by atoms with van der Waals surface area (Å²) in [4.78, 5) is 28.0. The zero-order chi connectivity index (χ0) is 21.6. The smallest absolute Gasteiger partial charge is 0.408 e. The van der Waals surface area contributed by atoms with Gasteiger partial charge in [-0.2, -0.15) is 0 Å². The van der Waals surface area contributed by atoms with Gasteiger partial charge in [-0.25, -0.2) is 4.79 Å². The summed E-state index contributed by atoms with van der Waals surface area (Å²) in [6.07, 6.45) is -0.855. The van der Waals surface area contributed by atoms with E-state index in [0.29, 0.717) is 19.5 Å². The molecule has 3 rings (SSSR count). The Labute approximate surface area is 173 Å². The van der Waals surface area contributed by atoms with Gasteiger partial charge >= 0.3 is 6.09 Å². The number of hydrogen-bond acceptors (Lipinski definition) is 4. The first-order valence-electron chi connectivity index (χ1n) is 10.0. The first-order valence-corrected chi connectivity index (χ1v) is 12.9. The standard InChI is InChI=1S/C21H32N2O5Si/c1-20(2,3)29(5,6)28-17-11-21(23(13-17)19(25)26)14-22(18(21)24)12-15-7-9-16(27-4)10-8-15/h7-10,17H,11-14H2,1-6H3,(H,25,26)/t17-,21?/m1/s1. The monoisotopic (exact) mass is 420 g/mol. The van der Waals surface area contributed by atoms with Gasteiger partial charge in [-0.05, 0) is 35.8 Å². The SMILES string of the molecule is COc1ccc(CN2CC3(C[C@@H](O[Si](C)(C)C(C)(C)C)CN3C(=O)O)C2=O)cc1. The van der Waals surface area contributed by atoms with Gasteiger partial charge in [-0.15, -0.1) is 0 Å². The van der Waals surface area contributed by atoms with Crippen LogP contribution in [0.2, 0.25) is 18.1 Å². The number of ether oxygens (including phenoxy) is 1. The third kappa shape index (κ3) is 3.87. The molecule has 0 radical (unpaired) electrons. The molecule has 2 saturated heterocycles. The summed E-state index contributed by atoms with van der Waals surface area (Å²) in [5, 5.41) is 9.77. The van der Waals surface area contributed by atoms with Crippen molar-refractivity contribution in [1.82, 2.24) is 9.80 Å². The maximum Gasteiger partial charge on any atom is 0.408 e. The van der Waals surface area contributed by atoms with Gasteiger partial charge in [0.1, 0.15) is 11.3 Å². The van der Waals surface area contributed by atoms with Crippen LogP contribution in [-0.4, -0.2) is 67.1 Å². The lowest BCUT2D eigenvalue weighted by Gasteiger charge is -2.50. The number of benzene rings is 1. The van der Waals surface area contributed by atoms with Crippen LogP contribution in [0.15, 0.2) is 24.3 Å². The molecule has 0 aliphatic carbocycles. The van der Waals surface area contributed by atoms with Crippen molar-refractivity contribution in [2.24, 2.45) is 0 Å². The number of carbonyl (C=O) groups excluding carboxylic acids is 1. The van der Waals surface area contributed by atoms with Crippen molar-refractivity contribution in [3.05, 3.63) is 29.8 Å². The number of carboxylic acid groups (broad SMARTS) is 1. The van der Waals surface area contributed by atoms with Crippen LogP contribution in [0.25, 0.3) is 0 Å². The van der Waals surface area contributed by atoms with E-state index < -0.39 is 19.9 Å². The van der Waals surface area contributed by atoms with Gasteiger partial charge in [0.15, 0.2) is 8.32 Å². The van der Waals surface area contributed by atoms with Crippen molar-refractivity contribution in [3.8, 4) is 5.75 Å². The average Bonchev–Trinajstić information content (AvgIpc) is 3.01. The first kappa shape index (κ1) is 21.6. The molecule has 0 bridgehead atoms. The molecule has 7 nitrogen and oxygen atoms in total. The van der Waals surface area contributed by atoms with E-state index in [4.69, 9.17) is 9.16 Å². The minimum atomic E-state index is -2.05. The Morgan fingerprint density at radius 2 is 1.90 bits per heavy atom. The van der Waals surface area contributed by atoms with E-state index in [1.54, 1.807) is 12.0 Å². The van der Waals surface area contributed by atoms with Crippen molar-refractivity contribution in [2.75, 3.05) is 20.2 Å². The third-order valence-corrected chi connectivity index (χ3v) is 11.2. The van der Waals surface area contributed by atoms with Crippen LogP contribution in [0.4, 0.5) is 4.79 Å². The van der Waals surface area contributed by atoms with Gasteiger partial charge in [-0.1, -0.05) is 32.9 Å². The molecule has 160 valence electrons. The molecule has 2 heterocycles. The molecule has 1 aromatic rings. The number of hydrogen-bond donors (Lipinski definition) is 1. The van der Waals surface area contributed by atoms with Crippen LogP contribution in [-0.2, 0) is 15.8 Å². The Bertz CT molecular complexity index is 789. The number of amides is 2. The fourth-order valence-electron chi connectivity index (χ4n) is 3.95. The first-order chi connectivity index (χ1) is 13.4. The molecule has 2 amide bonds. The van der Waals surface area contributed by atoms with E-state index >= 15 is 0 Å². The second kappa shape index (κ2) is 7.32. The number of carbonyl (C=O) groups is 2. The molecular formula is C21H32N2O5Si. The van der Waals surface area contributed by atoms with E-state index in [1.165, 1.54) is 4.90 Å². The second-order valence-electron chi connectivity index (χ2n) is 9.64. The third-order valence-electron chi connectivity index (χ3n) is 6.64. The van der Waals surface area contributed by atoms with Gasteiger partial charge in [0, 0.05) is 13.0 Å². The normalized spacial score (nSPS) is 24.8. The van der Waals surface area contributed by atoms with Crippen molar-refractivity contribution in [3.63, 3.8) is 0 Å². The number of β-lactam (4-membered cyclic amide) rings is 1. The van der Waals surface area contributed by atoms with Gasteiger partial charge < -0.3 is 19.2 Å². The molecule has 2 aliphatic rings. The molecular weight excluding hydrogens is 388 g/mol. The molecule has 1 unspecified atom stereocenters. The lowest BCUT2D eigenvalue weighted by atomic mass is 9.85. The van der Waals surface area contributed by atoms with Gasteiger partial charge in [0.25, 0.3) is 5.91 Å². The van der Waals surface area contributed by atoms with Crippen LogP contribution in [0.5, 0.6) is 5.75 Å². The highest BCUT2D eigenvalue weighted by molar-refractivity contribution is 6.74. The highest BCUT2D eigenvalue weighted by atomic mass is 28.4. The molecule has 2 fully saturated rings. The molecule has 0 saturated carbocycles. The highest BCUT2D eigenvalue weighted by Crippen LogP contribution is 2.44. The molecule has 1 N–H and O–H groups in total. The zero-order valence-corrected chi connectivity index (χ0v) is 19.2. The Morgan fingerprint density at radius 1 is 1.28 bits per heavy atom. The Hall–Kier alpha value is -2.06. The fourth-order valence-corrected chi connectivity index (χ4v) is 5.30. The van der Waals surface area contributed by atoms with Crippen LogP contribution >= 0.6 is 0 Å². The lowest BCUT2D eigenvalue weighted by Crippen LogP contribution is -2.72. The predicted octanol–water partition coefficient (Wildman–Crippen LogP) is 3.55. The molecule has 8 heteroatoms. The Balaban J connectivity index is 1.71. The summed E-state index contributed by atoms with van der Waals surface area (Å²) >= 11 is 0. The lowest BCUT2D eigenvalue weighted by molar-refractivity contribution is -0.160. The molecule has 2 atom stereocenters. The highest BCUT2D eigenvalue weighted by Gasteiger charge is 2.63. The number of likely N-dealkylation sites (tertiary alicyclic amines) is 2. The van der Waals surface area contributed by atoms with Gasteiger partial charge in [0.2, 0.25) is 0 Å². The van der Waals surface area contributed by atoms with Crippen molar-refractivity contribution in [2.45, 2.75) is 63.5 Å². The van der Waals surface area contributed by atoms with Gasteiger partial charge in [-0.3, -0.25) is 9.69 Å². The molecule has 1 spiro atoms. The van der Waals surface area contributed by atoms with E-state index in [2.05, 4.69) is 33.9 Å². The summed E-state index contributed by atoms with van der Waals surface area (Å²) in [6, 6.07) is 7.56. The summed E-state index contributed by atoms with van der Waals surface area (Å²) < 4.78 is 11.6. The van der Waals surface area contributed by atoms with E-state index in [-0.39, 0.29) is 23.6 Å². The summed E-state index contributed by atoms with van der Waals surface area (Å²) in [6.45, 7) is 11.9. The van der Waals surface area contributed by atoms with E-state index in [1.807, 2.05) is 24.3 Å². The molecule has 0 aromatic heterocycles. The minimum absolute atomic E-state index is 0.0286. The molecule has 1 aromatic carbocycles. The van der Waals surface area contributed by atoms with Crippen molar-refractivity contribution >= 4 is 20.3 Å². The van der Waals surface area contributed by atoms with E-state index in [9.17, 15) is 14.7 Å². The van der Waals surface area contributed by atoms with Crippen molar-refractivity contribution < 1.29 is 23.9 Å². The summed E-state index contributed by atoms with van der Waals surface area (Å²) in [5.74, 6) is 0.635. The topological polar surface area (TPSA) is 79.3 Å². The quantitative estimate of drug-likeness (QED) is 0.582. The minimum Gasteiger partial charge on any atom is -0.497 e. The Morgan fingerprint density at radius 3 is 2.38 bits per heavy atom. The maximum absolute atomic E-state index is 13.1. The maximum atomic E-state index is 13.1. The van der Waals surface area contributed by atoms with Crippen molar-refractivity contribution in [1.29, 1.82) is 0 Å². The van der Waals surface area contributed by atoms with Crippen LogP contribution in [0.3, 0.4) is 0 Å². The van der Waals surface area contributed by atoms with Gasteiger partial charge in [0.05, 0.1) is 26.3 Å². The largest absolute Gasteiger partial charge is 0.497 e. The summed E-state index contributed by atoms with van der Waals surface area (Å²) in [7, 11) is -0.439. The average molecular weight is 421 g/mol. The predicted molar refractivity (Wildman–Crippen MR) is 113 cm³/mol. The van der Waals surface area contributed by atoms with E-state index in [0.717, 1.165) is 11.3 Å². The second-order valence-corrected chi connectivity index (χ2v) is 14.4. The molecule has 29 heavy (non-hydrogen) atoms. The fraction of sp³-hybridized carbons (Fsp3) is 0.619. The number of rotatable bonds is 5. The van der Waals surface area contributed by atoms with Crippen LogP contribution in [0.1, 0.15) is 32.8 Å². The number of methoxy groups -OCH3 is 1.